The van der Waals surface area contributed by atoms with Gasteiger partial charge in [-0.25, -0.2) is 0 Å². The van der Waals surface area contributed by atoms with E-state index in [1.165, 1.54) is 5.56 Å². The van der Waals surface area contributed by atoms with E-state index >= 15 is 0 Å². The van der Waals surface area contributed by atoms with Gasteiger partial charge >= 0.3 is 0 Å². The molecular formula is C14H18O2. The van der Waals surface area contributed by atoms with E-state index in [1.54, 1.807) is 0 Å². The van der Waals surface area contributed by atoms with Gasteiger partial charge in [-0.15, -0.1) is 0 Å². The fourth-order valence-electron chi connectivity index (χ4n) is 1.56. The molecule has 0 aromatic heterocycles. The Bertz CT molecular complexity index is 350. The number of rotatable bonds is 6. The van der Waals surface area contributed by atoms with Crippen LogP contribution in [0.5, 0.6) is 0 Å². The molecule has 0 bridgehead atoms. The maximum atomic E-state index is 11.7. The Labute approximate surface area is 96.7 Å². The van der Waals surface area contributed by atoms with Crippen LogP contribution in [-0.4, -0.2) is 12.1 Å². The number of hydrogen-bond donors (Lipinski definition) is 0. The van der Waals surface area contributed by atoms with Crippen LogP contribution in [-0.2, 0) is 11.2 Å². The summed E-state index contributed by atoms with van der Waals surface area (Å²) >= 11 is 0. The fourth-order valence-corrected chi connectivity index (χ4v) is 1.56. The largest absolute Gasteiger partial charge is 0.303 e. The zero-order valence-electron chi connectivity index (χ0n) is 9.90. The van der Waals surface area contributed by atoms with Crippen LogP contribution in [0.1, 0.15) is 42.6 Å². The number of benzene rings is 1. The minimum absolute atomic E-state index is 0.0425. The molecule has 0 unspecified atom stereocenters. The van der Waals surface area contributed by atoms with Crippen molar-refractivity contribution in [2.75, 3.05) is 0 Å². The third kappa shape index (κ3) is 3.61. The van der Waals surface area contributed by atoms with Gasteiger partial charge in [-0.1, -0.05) is 38.1 Å². The Morgan fingerprint density at radius 2 is 1.88 bits per heavy atom. The smallest absolute Gasteiger partial charge is 0.165 e. The van der Waals surface area contributed by atoms with Gasteiger partial charge in [-0.05, 0) is 18.4 Å². The van der Waals surface area contributed by atoms with Gasteiger partial charge in [0.05, 0.1) is 0 Å². The number of ketones is 1. The normalized spacial score (nSPS) is 10.4. The highest BCUT2D eigenvalue weighted by Gasteiger charge is 2.09. The first-order chi connectivity index (χ1) is 7.65. The van der Waals surface area contributed by atoms with Gasteiger partial charge in [0.15, 0.2) is 5.78 Å². The van der Waals surface area contributed by atoms with Gasteiger partial charge in [0.1, 0.15) is 6.29 Å². The van der Waals surface area contributed by atoms with Crippen molar-refractivity contribution in [2.45, 2.75) is 33.1 Å². The molecule has 0 saturated carbocycles. The van der Waals surface area contributed by atoms with Gasteiger partial charge in [0.2, 0.25) is 0 Å². The van der Waals surface area contributed by atoms with E-state index in [2.05, 4.69) is 0 Å². The first kappa shape index (κ1) is 12.6. The van der Waals surface area contributed by atoms with Crippen molar-refractivity contribution in [2.24, 2.45) is 5.92 Å². The van der Waals surface area contributed by atoms with Crippen molar-refractivity contribution in [3.63, 3.8) is 0 Å². The molecule has 86 valence electrons. The summed E-state index contributed by atoms with van der Waals surface area (Å²) in [6, 6.07) is 7.69. The molecule has 0 aliphatic carbocycles. The summed E-state index contributed by atoms with van der Waals surface area (Å²) in [5.74, 6) is 0.223. The van der Waals surface area contributed by atoms with Crippen molar-refractivity contribution in [3.05, 3.63) is 35.4 Å². The zero-order chi connectivity index (χ0) is 12.0. The molecule has 2 heteroatoms. The maximum Gasteiger partial charge on any atom is 0.165 e. The molecule has 16 heavy (non-hydrogen) atoms. The summed E-state index contributed by atoms with van der Waals surface area (Å²) in [5, 5.41) is 0. The Morgan fingerprint density at radius 3 is 2.38 bits per heavy atom. The lowest BCUT2D eigenvalue weighted by molar-refractivity contribution is -0.107. The van der Waals surface area contributed by atoms with E-state index in [0.717, 1.165) is 24.7 Å². The second kappa shape index (κ2) is 6.21. The molecule has 0 fully saturated rings. The molecule has 1 rings (SSSR count). The summed E-state index contributed by atoms with van der Waals surface area (Å²) in [4.78, 5) is 21.8. The van der Waals surface area contributed by atoms with Gasteiger partial charge in [-0.3, -0.25) is 4.79 Å². The van der Waals surface area contributed by atoms with Crippen LogP contribution in [0.2, 0.25) is 0 Å². The molecule has 0 amide bonds. The standard InChI is InChI=1S/C14H18O2/c1-11(2)14(16)13-8-6-12(7-9-13)5-3-4-10-15/h6-11H,3-5H2,1-2H3. The van der Waals surface area contributed by atoms with Crippen LogP contribution >= 0.6 is 0 Å². The molecular weight excluding hydrogens is 200 g/mol. The van der Waals surface area contributed by atoms with E-state index in [-0.39, 0.29) is 11.7 Å². The van der Waals surface area contributed by atoms with Crippen molar-refractivity contribution in [1.82, 2.24) is 0 Å². The number of aryl methyl sites for hydroxylation is 1. The van der Waals surface area contributed by atoms with E-state index < -0.39 is 0 Å². The maximum absolute atomic E-state index is 11.7. The molecule has 1 aromatic rings. The highest BCUT2D eigenvalue weighted by Crippen LogP contribution is 2.11. The first-order valence-corrected chi connectivity index (χ1v) is 5.72. The molecule has 0 spiro atoms. The lowest BCUT2D eigenvalue weighted by Crippen LogP contribution is -2.07. The van der Waals surface area contributed by atoms with E-state index in [0.29, 0.717) is 6.42 Å². The van der Waals surface area contributed by atoms with Gasteiger partial charge in [-0.2, -0.15) is 0 Å². The lowest BCUT2D eigenvalue weighted by Gasteiger charge is -2.05. The quantitative estimate of drug-likeness (QED) is 0.418. The molecule has 0 radical (unpaired) electrons. The number of aldehydes is 1. The highest BCUT2D eigenvalue weighted by molar-refractivity contribution is 5.97. The van der Waals surface area contributed by atoms with Crippen LogP contribution < -0.4 is 0 Å². The molecule has 0 aliphatic heterocycles. The lowest BCUT2D eigenvalue weighted by atomic mass is 9.99. The van der Waals surface area contributed by atoms with Crippen LogP contribution in [0.4, 0.5) is 0 Å². The summed E-state index contributed by atoms with van der Waals surface area (Å²) in [6.45, 7) is 3.81. The zero-order valence-corrected chi connectivity index (χ0v) is 9.90. The number of hydrogen-bond acceptors (Lipinski definition) is 2. The molecule has 0 atom stereocenters. The van der Waals surface area contributed by atoms with Crippen molar-refractivity contribution < 1.29 is 9.59 Å². The van der Waals surface area contributed by atoms with Gasteiger partial charge in [0.25, 0.3) is 0 Å². The Hall–Kier alpha value is -1.44. The van der Waals surface area contributed by atoms with Crippen LogP contribution in [0.15, 0.2) is 24.3 Å². The van der Waals surface area contributed by atoms with Crippen molar-refractivity contribution in [1.29, 1.82) is 0 Å². The average Bonchev–Trinajstić information content (AvgIpc) is 2.29. The van der Waals surface area contributed by atoms with Crippen molar-refractivity contribution >= 4 is 12.1 Å². The SMILES string of the molecule is CC(C)C(=O)c1ccc(CCCC=O)cc1. The van der Waals surface area contributed by atoms with Crippen molar-refractivity contribution in [3.8, 4) is 0 Å². The fraction of sp³-hybridized carbons (Fsp3) is 0.429. The number of carbonyl (C=O) groups is 2. The molecule has 0 aliphatic rings. The third-order valence-electron chi connectivity index (χ3n) is 2.55. The molecule has 2 nitrogen and oxygen atoms in total. The summed E-state index contributed by atoms with van der Waals surface area (Å²) in [6.07, 6.45) is 3.32. The molecule has 0 N–H and O–H groups in total. The summed E-state index contributed by atoms with van der Waals surface area (Å²) < 4.78 is 0. The van der Waals surface area contributed by atoms with Crippen LogP contribution in [0, 0.1) is 5.92 Å². The second-order valence-electron chi connectivity index (χ2n) is 4.27. The second-order valence-corrected chi connectivity index (χ2v) is 4.27. The van der Waals surface area contributed by atoms with Crippen LogP contribution in [0.25, 0.3) is 0 Å². The number of Topliss-reactive ketones (excluding diaryl/α,β-unsaturated/α-hetero) is 1. The van der Waals surface area contributed by atoms with Crippen LogP contribution in [0.3, 0.4) is 0 Å². The third-order valence-corrected chi connectivity index (χ3v) is 2.55. The Kier molecular flexibility index (Phi) is 4.90. The van der Waals surface area contributed by atoms with E-state index in [4.69, 9.17) is 0 Å². The van der Waals surface area contributed by atoms with E-state index in [9.17, 15) is 9.59 Å². The highest BCUT2D eigenvalue weighted by atomic mass is 16.1. The number of unbranched alkanes of at least 4 members (excludes halogenated alkanes) is 1. The molecule has 0 heterocycles. The predicted molar refractivity (Wildman–Crippen MR) is 64.6 cm³/mol. The monoisotopic (exact) mass is 218 g/mol. The minimum atomic E-state index is 0.0425. The topological polar surface area (TPSA) is 34.1 Å². The average molecular weight is 218 g/mol. The van der Waals surface area contributed by atoms with Gasteiger partial charge < -0.3 is 4.79 Å². The Morgan fingerprint density at radius 1 is 1.25 bits per heavy atom. The van der Waals surface area contributed by atoms with Gasteiger partial charge in [0, 0.05) is 17.9 Å². The molecule has 0 saturated heterocycles. The summed E-state index contributed by atoms with van der Waals surface area (Å²) in [7, 11) is 0. The molecule has 1 aromatic carbocycles. The minimum Gasteiger partial charge on any atom is -0.303 e. The first-order valence-electron chi connectivity index (χ1n) is 5.72. The number of carbonyl (C=O) groups excluding carboxylic acids is 2. The summed E-state index contributed by atoms with van der Waals surface area (Å²) in [5.41, 5.74) is 1.95. The Balaban J connectivity index is 2.60. The van der Waals surface area contributed by atoms with E-state index in [1.807, 2.05) is 38.1 Å². The predicted octanol–water partition coefficient (Wildman–Crippen LogP) is 3.05.